The minimum atomic E-state index is -1.96. The number of carboxylic acids is 2. The second-order valence-corrected chi connectivity index (χ2v) is 34.9. The molecule has 764 valence electrons. The van der Waals surface area contributed by atoms with Gasteiger partial charge in [0.1, 0.15) is 96.7 Å². The maximum Gasteiger partial charge on any atom is 0.326 e. The summed E-state index contributed by atoms with van der Waals surface area (Å²) >= 11 is 12.6. The zero-order valence-corrected chi connectivity index (χ0v) is 80.6. The molecule has 0 radical (unpaired) electrons. The molecule has 2 aromatic rings. The fourth-order valence-electron chi connectivity index (χ4n) is 14.2. The van der Waals surface area contributed by atoms with Crippen molar-refractivity contribution in [3.8, 4) is 0 Å². The Kier molecular flexibility index (Phi) is 51.5. The van der Waals surface area contributed by atoms with Gasteiger partial charge in [0.15, 0.2) is 5.96 Å². The molecule has 2 heterocycles. The topological polar surface area (TPSA) is 776 Å². The van der Waals surface area contributed by atoms with E-state index in [9.17, 15) is 111 Å². The molecule has 30 N–H and O–H groups in total. The number of thiol groups is 3. The Morgan fingerprint density at radius 3 is 1.52 bits per heavy atom. The van der Waals surface area contributed by atoms with E-state index in [1.54, 1.807) is 81.4 Å². The third-order valence-electron chi connectivity index (χ3n) is 21.8. The third kappa shape index (κ3) is 41.5. The summed E-state index contributed by atoms with van der Waals surface area (Å²) in [5.41, 5.74) is 23.1. The van der Waals surface area contributed by atoms with Crippen LogP contribution >= 0.6 is 37.9 Å². The molecule has 49 nitrogen and oxygen atoms in total. The van der Waals surface area contributed by atoms with Gasteiger partial charge in [0.05, 0.1) is 32.0 Å². The Bertz CT molecular complexity index is 4590. The van der Waals surface area contributed by atoms with Gasteiger partial charge in [-0.05, 0) is 107 Å². The van der Waals surface area contributed by atoms with E-state index in [-0.39, 0.29) is 114 Å². The summed E-state index contributed by atoms with van der Waals surface area (Å²) in [4.78, 5) is 305. The molecule has 138 heavy (non-hydrogen) atoms. The number of aliphatic carboxylic acids is 2. The monoisotopic (exact) mass is 2000 g/mol. The first-order valence-corrected chi connectivity index (χ1v) is 47.0. The molecule has 0 bridgehead atoms. The quantitative estimate of drug-likeness (QED) is 0.0134. The number of nitrogens with one attached hydrogen (secondary N) is 20. The molecule has 2 aromatic carbocycles. The number of fused-ring (bicyclic) bond motifs is 1. The summed E-state index contributed by atoms with van der Waals surface area (Å²) in [5.74, 6) is -26.0. The van der Waals surface area contributed by atoms with Crippen LogP contribution in [0.3, 0.4) is 0 Å². The van der Waals surface area contributed by atoms with Gasteiger partial charge in [-0.25, -0.2) is 4.79 Å². The van der Waals surface area contributed by atoms with Crippen molar-refractivity contribution in [1.82, 2.24) is 106 Å². The molecule has 4 rings (SSSR count). The highest BCUT2D eigenvalue weighted by Crippen LogP contribution is 2.20. The van der Waals surface area contributed by atoms with E-state index in [0.29, 0.717) is 11.1 Å². The number of nitrogens with zero attached hydrogens (tertiary/aromatic N) is 1. The Morgan fingerprint density at radius 2 is 0.986 bits per heavy atom. The molecule has 0 saturated carbocycles. The van der Waals surface area contributed by atoms with Crippen molar-refractivity contribution in [2.24, 2.45) is 34.8 Å². The first kappa shape index (κ1) is 117. The molecule has 2 saturated heterocycles. The lowest BCUT2D eigenvalue weighted by Crippen LogP contribution is -2.62. The normalized spacial score (nSPS) is 23.1. The average molecular weight is 2000 g/mol. The number of hydrogen-bond acceptors (Lipinski definition) is 28. The van der Waals surface area contributed by atoms with Gasteiger partial charge >= 0.3 is 11.9 Å². The second kappa shape index (κ2) is 60.6. The molecule has 52 heteroatoms. The molecule has 0 spiro atoms. The molecule has 2 aliphatic heterocycles. The van der Waals surface area contributed by atoms with E-state index in [2.05, 4.69) is 139 Å². The van der Waals surface area contributed by atoms with Gasteiger partial charge < -0.3 is 139 Å². The molecule has 2 aliphatic rings. The van der Waals surface area contributed by atoms with Crippen LogP contribution in [0, 0.1) is 17.2 Å². The Balaban J connectivity index is 1.78. The predicted molar refractivity (Wildman–Crippen MR) is 508 cm³/mol. The number of primary amides is 2. The van der Waals surface area contributed by atoms with E-state index in [1.165, 1.54) is 25.7 Å². The number of carboxylic acid groups (broad SMARTS) is 2. The highest BCUT2D eigenvalue weighted by Gasteiger charge is 2.41. The van der Waals surface area contributed by atoms with Gasteiger partial charge in [0.2, 0.25) is 118 Å². The Labute approximate surface area is 813 Å². The lowest BCUT2D eigenvalue weighted by molar-refractivity contribution is -0.143. The highest BCUT2D eigenvalue weighted by molar-refractivity contribution is 7.80. The molecule has 17 atom stereocenters. The first-order chi connectivity index (χ1) is 65.2. The summed E-state index contributed by atoms with van der Waals surface area (Å²) in [6.45, 7) is 8.32. The molecular weight excluding hydrogens is 1860 g/mol. The van der Waals surface area contributed by atoms with Crippen LogP contribution in [0.5, 0.6) is 0 Å². The molecular formula is C86H133N25O24S3. The van der Waals surface area contributed by atoms with Gasteiger partial charge in [-0.3, -0.25) is 106 Å². The van der Waals surface area contributed by atoms with Gasteiger partial charge in [0, 0.05) is 56.2 Å². The summed E-state index contributed by atoms with van der Waals surface area (Å²) in [5, 5.41) is 74.9. The first-order valence-electron chi connectivity index (χ1n) is 45.1. The van der Waals surface area contributed by atoms with Crippen LogP contribution in [-0.2, 0) is 118 Å². The maximum absolute atomic E-state index is 15.0. The maximum atomic E-state index is 15.0. The Morgan fingerprint density at radius 1 is 0.500 bits per heavy atom. The van der Waals surface area contributed by atoms with E-state index in [0.717, 1.165) is 6.92 Å². The number of rotatable bonds is 34. The number of carbonyl (C=O) groups excluding carboxylic acids is 20. The highest BCUT2D eigenvalue weighted by atomic mass is 32.1. The fraction of sp³-hybridized carbons (Fsp3) is 0.593. The predicted octanol–water partition coefficient (Wildman–Crippen LogP) is -8.64. The van der Waals surface area contributed by atoms with Crippen LogP contribution < -0.4 is 124 Å². The number of nitrogens with two attached hydrogens (primary N) is 4. The van der Waals surface area contributed by atoms with Crippen molar-refractivity contribution in [1.29, 1.82) is 5.41 Å². The summed E-state index contributed by atoms with van der Waals surface area (Å²) in [6, 6.07) is -9.91. The summed E-state index contributed by atoms with van der Waals surface area (Å²) in [7, 11) is 0. The van der Waals surface area contributed by atoms with Gasteiger partial charge in [-0.1, -0.05) is 102 Å². The smallest absolute Gasteiger partial charge is 0.326 e. The molecule has 2 fully saturated rings. The van der Waals surface area contributed by atoms with E-state index < -0.39 is 296 Å². The average Bonchev–Trinajstić information content (AvgIpc) is 1.63. The number of benzene rings is 2. The summed E-state index contributed by atoms with van der Waals surface area (Å²) < 4.78 is 0. The van der Waals surface area contributed by atoms with Gasteiger partial charge in [-0.2, -0.15) is 37.9 Å². The van der Waals surface area contributed by atoms with Crippen LogP contribution in [0.4, 0.5) is 0 Å². The van der Waals surface area contributed by atoms with Crippen LogP contribution in [0.1, 0.15) is 149 Å². The van der Waals surface area contributed by atoms with Crippen molar-refractivity contribution in [3.63, 3.8) is 0 Å². The summed E-state index contributed by atoms with van der Waals surface area (Å²) in [6.07, 6.45) is -3.66. The van der Waals surface area contributed by atoms with Crippen molar-refractivity contribution < 1.29 is 116 Å². The number of carbonyl (C=O) groups is 22. The zero-order valence-electron chi connectivity index (χ0n) is 77.9. The van der Waals surface area contributed by atoms with Crippen molar-refractivity contribution in [3.05, 3.63) is 71.8 Å². The lowest BCUT2D eigenvalue weighted by Gasteiger charge is -2.29. The van der Waals surface area contributed by atoms with Crippen molar-refractivity contribution >= 4 is 174 Å². The van der Waals surface area contributed by atoms with Crippen LogP contribution in [-0.4, -0.2) is 310 Å². The molecule has 0 aliphatic carbocycles. The van der Waals surface area contributed by atoms with Crippen LogP contribution in [0.2, 0.25) is 0 Å². The van der Waals surface area contributed by atoms with Crippen LogP contribution in [0.25, 0.3) is 0 Å². The zero-order chi connectivity index (χ0) is 103. The van der Waals surface area contributed by atoms with Gasteiger partial charge in [0.25, 0.3) is 0 Å². The number of amides is 20. The fourth-order valence-corrected chi connectivity index (χ4v) is 14.9. The molecule has 20 amide bonds. The van der Waals surface area contributed by atoms with E-state index in [4.69, 9.17) is 28.3 Å². The minimum Gasteiger partial charge on any atom is -0.481 e. The van der Waals surface area contributed by atoms with Crippen molar-refractivity contribution in [2.75, 3.05) is 56.5 Å². The minimum absolute atomic E-state index is 0.00902. The second-order valence-electron chi connectivity index (χ2n) is 33.8. The molecule has 0 aromatic heterocycles. The number of guanidine groups is 1. The van der Waals surface area contributed by atoms with E-state index >= 15 is 4.79 Å². The molecule has 0 unspecified atom stereocenters. The van der Waals surface area contributed by atoms with Gasteiger partial charge in [-0.15, -0.1) is 0 Å². The Hall–Kier alpha value is -13.0. The lowest BCUT2D eigenvalue weighted by atomic mass is 10.00. The van der Waals surface area contributed by atoms with Crippen LogP contribution in [0.15, 0.2) is 60.7 Å². The SMILES string of the molecule is CC[C@@H]1NC(=O)[C@H](CC(N)=O)NC(=O)CNC(=O)[C@H](CC(=O)O)NC(=O)[C@H](C)NC(=O)[C@H](C(C)C)NC(=O)[C@H](Cc2ccccc2)NC(=O)[C@H](CC)NC(=O)[C@H](CC(C)C)NC(=O)[C@@H]2CCCN2C(=O)CNC(=O)[C@H](Cc2ccccc2)NC(=O)[C@@H](NC(=O)[C@H](CS)NC(=O)[C@H](CS)NC(=O)[C@H](CCC(N)=O)NC(=O)[C@H](CCCNC(=N)N)NC(=O)[C@@H](N)CS)CNCCCC[C@@H](C(=O)O)NC1=O. The largest absolute Gasteiger partial charge is 0.481 e. The number of hydrogen-bond donors (Lipinski definition) is 29. The standard InChI is InChI=1S/C86H133N25O24S3/c1-8-49-73(122)102-53(85(134)135)24-16-17-29-92-37-59(107-81(130)60(41-137)109-82(131)61(42-138)108-76(125)52(27-28-63(88)112)101-75(124)51(25-18-30-93-86(90)91)100-70(119)48(87)40-136)80(129)104-55(33-46-20-12-10-13-21-46)71(120)95-39-66(115)111-31-19-26-62(111)83(132)106-54(32-43(3)4)77(126)98-50(9-2)74(123)105-56(34-47-22-14-11-15-23-47)79(128)110-68(44(5)6)84(133)96-45(7)69(118)103-58(36-67(116)117)72(121)94-38-65(114)97-57(35-64(89)113)78(127)99-49/h10-15,20-23,43-45,48-62,68,92,136-138H,8-9,16-19,24-42,87H2,1-7H3,(H2,88,112)(H2,89,113)(H,94,121)(H,95,120)(H,96,133)(H,97,114)(H,98,126)(H,99,127)(H,100,119)(H,101,124)(H,102,122)(H,103,118)(H,104,129)(H,105,123)(H,106,132)(H,107,130)(H,108,125)(H,109,131)(H,110,128)(H,116,117)(H,134,135)(H4,90,91,93)/t45-,48-,49-,50-,51-,52-,53-,54-,55-,56-,57-,58-,59-,60-,61-,62-,68-/m0/s1. The van der Waals surface area contributed by atoms with E-state index in [1.807, 2.05) is 0 Å². The third-order valence-corrected chi connectivity index (χ3v) is 22.9. The van der Waals surface area contributed by atoms with Crippen molar-refractivity contribution in [2.45, 2.75) is 254 Å².